The van der Waals surface area contributed by atoms with Crippen LogP contribution in [0.2, 0.25) is 0 Å². The molecule has 59 heavy (non-hydrogen) atoms. The Morgan fingerprint density at radius 3 is 1.64 bits per heavy atom. The lowest BCUT2D eigenvalue weighted by Crippen LogP contribution is -2.52. The van der Waals surface area contributed by atoms with Crippen LogP contribution in [0.3, 0.4) is 0 Å². The van der Waals surface area contributed by atoms with Crippen molar-refractivity contribution in [3.8, 4) is 22.3 Å². The third-order valence-corrected chi connectivity index (χ3v) is 12.2. The average molecular weight is 751 g/mol. The molecule has 1 aromatic heterocycles. The first-order chi connectivity index (χ1) is 29.2. The molecule has 11 aromatic rings. The van der Waals surface area contributed by atoms with E-state index in [4.69, 9.17) is 0 Å². The highest BCUT2D eigenvalue weighted by Crippen LogP contribution is 2.48. The summed E-state index contributed by atoms with van der Waals surface area (Å²) >= 11 is 0. The molecule has 3 heteroatoms. The molecule has 0 saturated heterocycles. The highest BCUT2D eigenvalue weighted by atomic mass is 15.1. The van der Waals surface area contributed by atoms with E-state index >= 15 is 0 Å². The quantitative estimate of drug-likeness (QED) is 0.0873. The second-order valence-electron chi connectivity index (χ2n) is 15.5. The van der Waals surface area contributed by atoms with Gasteiger partial charge in [0.1, 0.15) is 0 Å². The molecule has 276 valence electrons. The van der Waals surface area contributed by atoms with Gasteiger partial charge in [-0.05, 0) is 110 Å². The number of fused-ring (bicyclic) bond motifs is 3. The van der Waals surface area contributed by atoms with Crippen LogP contribution in [0.5, 0.6) is 0 Å². The molecular weight excluding hydrogens is 711 g/mol. The Balaban J connectivity index is 1.20. The molecule has 0 aliphatic heterocycles. The van der Waals surface area contributed by atoms with Crippen molar-refractivity contribution in [1.29, 1.82) is 0 Å². The number of hydrogen-bond donors (Lipinski definition) is 0. The van der Waals surface area contributed by atoms with Gasteiger partial charge in [-0.2, -0.15) is 0 Å². The topological polar surface area (TPSA) is 16.1 Å². The molecule has 0 amide bonds. The van der Waals surface area contributed by atoms with E-state index in [-0.39, 0.29) is 6.71 Å². The van der Waals surface area contributed by atoms with E-state index in [1.165, 1.54) is 87.3 Å². The van der Waals surface area contributed by atoms with Gasteiger partial charge < -0.3 is 4.90 Å². The number of pyridine rings is 1. The monoisotopic (exact) mass is 750 g/mol. The number of aryl methyl sites for hydroxylation is 1. The van der Waals surface area contributed by atoms with E-state index in [1.54, 1.807) is 0 Å². The highest BCUT2D eigenvalue weighted by molar-refractivity contribution is 6.97. The van der Waals surface area contributed by atoms with Gasteiger partial charge >= 0.3 is 0 Å². The summed E-state index contributed by atoms with van der Waals surface area (Å²) in [6.45, 7) is 2.29. The number of benzene rings is 10. The summed E-state index contributed by atoms with van der Waals surface area (Å²) in [6.07, 6.45) is 3.83. The van der Waals surface area contributed by atoms with Crippen LogP contribution in [0.15, 0.2) is 219 Å². The summed E-state index contributed by atoms with van der Waals surface area (Å²) in [5.41, 5.74) is 13.2. The normalized spacial score (nSPS) is 11.5. The maximum absolute atomic E-state index is 4.40. The Bertz CT molecular complexity index is 3220. The van der Waals surface area contributed by atoms with E-state index in [9.17, 15) is 0 Å². The summed E-state index contributed by atoms with van der Waals surface area (Å²) in [4.78, 5) is 6.88. The summed E-state index contributed by atoms with van der Waals surface area (Å²) < 4.78 is 0. The van der Waals surface area contributed by atoms with E-state index in [1.807, 2.05) is 12.4 Å². The minimum absolute atomic E-state index is 0.0416. The first-order valence-corrected chi connectivity index (χ1v) is 20.4. The second-order valence-corrected chi connectivity index (χ2v) is 15.5. The fourth-order valence-electron chi connectivity index (χ4n) is 9.46. The fourth-order valence-corrected chi connectivity index (χ4v) is 9.46. The van der Waals surface area contributed by atoms with E-state index in [0.29, 0.717) is 0 Å². The Morgan fingerprint density at radius 2 is 0.932 bits per heavy atom. The Labute approximate surface area is 345 Å². The lowest BCUT2D eigenvalue weighted by molar-refractivity contribution is 1.26. The maximum Gasteiger partial charge on any atom is 0.242 e. The fraction of sp³-hybridized carbons (Fsp3) is 0.0179. The van der Waals surface area contributed by atoms with Gasteiger partial charge in [0, 0.05) is 34.5 Å². The van der Waals surface area contributed by atoms with Crippen LogP contribution in [0, 0.1) is 6.92 Å². The minimum Gasteiger partial charge on any atom is -0.310 e. The molecule has 0 radical (unpaired) electrons. The first kappa shape index (κ1) is 34.7. The number of rotatable bonds is 8. The predicted molar refractivity (Wildman–Crippen MR) is 253 cm³/mol. The number of nitrogens with zero attached hydrogens (tertiary/aromatic N) is 2. The molecule has 0 saturated carbocycles. The summed E-state index contributed by atoms with van der Waals surface area (Å²) in [6, 6.07) is 75.6. The van der Waals surface area contributed by atoms with Crippen molar-refractivity contribution in [3.63, 3.8) is 0 Å². The number of hydrogen-bond acceptors (Lipinski definition) is 2. The zero-order valence-electron chi connectivity index (χ0n) is 32.8. The van der Waals surface area contributed by atoms with Crippen molar-refractivity contribution in [3.05, 3.63) is 224 Å². The molecule has 0 atom stereocenters. The lowest BCUT2D eigenvalue weighted by Gasteiger charge is -2.30. The summed E-state index contributed by atoms with van der Waals surface area (Å²) in [7, 11) is 0. The van der Waals surface area contributed by atoms with Crippen LogP contribution < -0.4 is 21.3 Å². The molecular formula is C56H39BN2. The van der Waals surface area contributed by atoms with Gasteiger partial charge in [-0.3, -0.25) is 4.98 Å². The van der Waals surface area contributed by atoms with Crippen molar-refractivity contribution in [2.75, 3.05) is 4.90 Å². The smallest absolute Gasteiger partial charge is 0.242 e. The van der Waals surface area contributed by atoms with Gasteiger partial charge in [-0.1, -0.05) is 180 Å². The molecule has 0 spiro atoms. The Morgan fingerprint density at radius 1 is 0.390 bits per heavy atom. The van der Waals surface area contributed by atoms with Gasteiger partial charge in [0.2, 0.25) is 6.71 Å². The third kappa shape index (κ3) is 5.94. The molecule has 0 aliphatic rings. The largest absolute Gasteiger partial charge is 0.310 e. The van der Waals surface area contributed by atoms with Gasteiger partial charge in [-0.25, -0.2) is 0 Å². The van der Waals surface area contributed by atoms with Crippen LogP contribution in [0.4, 0.5) is 17.1 Å². The van der Waals surface area contributed by atoms with E-state index in [0.717, 1.165) is 17.1 Å². The average Bonchev–Trinajstić information content (AvgIpc) is 3.31. The molecule has 0 fully saturated rings. The zero-order chi connectivity index (χ0) is 39.3. The number of anilines is 3. The highest BCUT2D eigenvalue weighted by Gasteiger charge is 2.27. The summed E-state index contributed by atoms with van der Waals surface area (Å²) in [5.74, 6) is 0. The van der Waals surface area contributed by atoms with Gasteiger partial charge in [0.05, 0.1) is 5.69 Å². The molecule has 0 bridgehead atoms. The summed E-state index contributed by atoms with van der Waals surface area (Å²) in [5, 5.41) is 10.1. The standard InChI is InChI=1S/C56H39BN2/c1-38-37-43(40-15-7-3-8-16-40)25-31-52(38)59(46-26-21-41(22-27-46)39-13-5-2-6-14-39)53-32-24-42-23-28-50-51(57(44-17-9-4-10-18-44)45-33-35-58-36-34-45)30-29-49-47-19-11-12-20-48(47)56(53)54(42)55(49)50/h2-37H,1H3. The van der Waals surface area contributed by atoms with Gasteiger partial charge in [0.15, 0.2) is 0 Å². The van der Waals surface area contributed by atoms with Crippen LogP contribution in [-0.2, 0) is 0 Å². The molecule has 1 heterocycles. The van der Waals surface area contributed by atoms with Crippen LogP contribution in [0.25, 0.3) is 65.3 Å². The van der Waals surface area contributed by atoms with Crippen LogP contribution in [0.1, 0.15) is 5.56 Å². The van der Waals surface area contributed by atoms with E-state index in [2.05, 4.69) is 223 Å². The molecule has 0 unspecified atom stereocenters. The van der Waals surface area contributed by atoms with Gasteiger partial charge in [0.25, 0.3) is 0 Å². The molecule has 10 aromatic carbocycles. The van der Waals surface area contributed by atoms with Crippen molar-refractivity contribution >= 4 is 83.3 Å². The second kappa shape index (κ2) is 14.5. The molecule has 0 N–H and O–H groups in total. The third-order valence-electron chi connectivity index (χ3n) is 12.2. The minimum atomic E-state index is 0.0416. The molecule has 11 rings (SSSR count). The van der Waals surface area contributed by atoms with Crippen LogP contribution >= 0.6 is 0 Å². The zero-order valence-corrected chi connectivity index (χ0v) is 32.8. The maximum atomic E-state index is 4.40. The lowest BCUT2D eigenvalue weighted by atomic mass is 9.36. The van der Waals surface area contributed by atoms with Gasteiger partial charge in [-0.15, -0.1) is 0 Å². The molecule has 2 nitrogen and oxygen atoms in total. The van der Waals surface area contributed by atoms with Crippen molar-refractivity contribution in [2.45, 2.75) is 6.92 Å². The van der Waals surface area contributed by atoms with E-state index < -0.39 is 0 Å². The number of aromatic nitrogens is 1. The van der Waals surface area contributed by atoms with Crippen molar-refractivity contribution < 1.29 is 0 Å². The molecule has 0 aliphatic carbocycles. The predicted octanol–water partition coefficient (Wildman–Crippen LogP) is 12.8. The van der Waals surface area contributed by atoms with Crippen molar-refractivity contribution in [1.82, 2.24) is 4.98 Å². The SMILES string of the molecule is Cc1cc(-c2ccccc2)ccc1N(c1ccc(-c2ccccc2)cc1)c1ccc2ccc3c(B(c4ccccc4)c4ccncc4)ccc4c5ccccc5c1c2c34. The van der Waals surface area contributed by atoms with Crippen LogP contribution in [-0.4, -0.2) is 11.7 Å². The van der Waals surface area contributed by atoms with Crippen molar-refractivity contribution in [2.24, 2.45) is 0 Å². The first-order valence-electron chi connectivity index (χ1n) is 20.4. The Kier molecular flexibility index (Phi) is 8.52. The Hall–Kier alpha value is -7.49.